The van der Waals surface area contributed by atoms with Crippen LogP contribution >= 0.6 is 0 Å². The fourth-order valence-corrected chi connectivity index (χ4v) is 2.95. The average molecular weight is 345 g/mol. The molecule has 1 amide bonds. The highest BCUT2D eigenvalue weighted by Crippen LogP contribution is 2.21. The fourth-order valence-electron chi connectivity index (χ4n) is 2.95. The number of pyridine rings is 1. The summed E-state index contributed by atoms with van der Waals surface area (Å²) in [5, 5.41) is 0. The van der Waals surface area contributed by atoms with E-state index in [2.05, 4.69) is 15.0 Å². The lowest BCUT2D eigenvalue weighted by atomic mass is 10.0. The number of rotatable bonds is 4. The molecule has 8 heteroatoms. The Bertz CT molecular complexity index is 757. The maximum absolute atomic E-state index is 13.3. The Kier molecular flexibility index (Phi) is 5.06. The minimum atomic E-state index is -0.519. The molecule has 1 fully saturated rings. The Hall–Kier alpha value is -2.77. The van der Waals surface area contributed by atoms with Gasteiger partial charge in [-0.25, -0.2) is 9.37 Å². The molecule has 0 radical (unpaired) electrons. The van der Waals surface area contributed by atoms with E-state index in [9.17, 15) is 9.18 Å². The Morgan fingerprint density at radius 1 is 1.44 bits per heavy atom. The predicted molar refractivity (Wildman–Crippen MR) is 90.1 cm³/mol. The van der Waals surface area contributed by atoms with Crippen molar-refractivity contribution in [2.75, 3.05) is 32.1 Å². The molecule has 2 aromatic rings. The smallest absolute Gasteiger partial charge is 0.255 e. The number of ether oxygens (including phenoxy) is 1. The van der Waals surface area contributed by atoms with Gasteiger partial charge in [0.25, 0.3) is 5.91 Å². The highest BCUT2D eigenvalue weighted by molar-refractivity contribution is 5.94. The molecular weight excluding hydrogens is 325 g/mol. The number of amides is 1. The number of nitrogens with zero attached hydrogens (tertiary/aromatic N) is 5. The lowest BCUT2D eigenvalue weighted by molar-refractivity contribution is 0.0716. The minimum Gasteiger partial charge on any atom is -0.481 e. The predicted octanol–water partition coefficient (Wildman–Crippen LogP) is 1.76. The molecule has 0 N–H and O–H groups in total. The first-order chi connectivity index (χ1) is 12.1. The molecule has 25 heavy (non-hydrogen) atoms. The lowest BCUT2D eigenvalue weighted by Gasteiger charge is -2.37. The number of anilines is 1. The van der Waals surface area contributed by atoms with Crippen molar-refractivity contribution >= 4 is 11.9 Å². The fraction of sp³-hybridized carbons (Fsp3) is 0.412. The Morgan fingerprint density at radius 2 is 2.28 bits per heavy atom. The van der Waals surface area contributed by atoms with Gasteiger partial charge in [-0.3, -0.25) is 9.78 Å². The van der Waals surface area contributed by atoms with Crippen LogP contribution in [0.3, 0.4) is 0 Å². The molecular formula is C17H20FN5O2. The SMILES string of the molecule is COc1ccnc(N2CCCC(N(C)C(=O)c3cncc(F)c3)C2)n1. The molecule has 1 saturated heterocycles. The first kappa shape index (κ1) is 17.1. The highest BCUT2D eigenvalue weighted by Gasteiger charge is 2.28. The van der Waals surface area contributed by atoms with Crippen LogP contribution in [-0.2, 0) is 0 Å². The second kappa shape index (κ2) is 7.42. The zero-order chi connectivity index (χ0) is 17.8. The summed E-state index contributed by atoms with van der Waals surface area (Å²) < 4.78 is 18.5. The average Bonchev–Trinajstić information content (AvgIpc) is 2.67. The van der Waals surface area contributed by atoms with Crippen LogP contribution in [0, 0.1) is 5.82 Å². The molecule has 3 rings (SSSR count). The van der Waals surface area contributed by atoms with Crippen molar-refractivity contribution in [2.45, 2.75) is 18.9 Å². The van der Waals surface area contributed by atoms with E-state index in [1.165, 1.54) is 12.3 Å². The van der Waals surface area contributed by atoms with Crippen LogP contribution in [0.5, 0.6) is 5.88 Å². The number of likely N-dealkylation sites (N-methyl/N-ethyl adjacent to an activating group) is 1. The molecule has 1 aliphatic rings. The highest BCUT2D eigenvalue weighted by atomic mass is 19.1. The van der Waals surface area contributed by atoms with Crippen LogP contribution in [0.1, 0.15) is 23.2 Å². The van der Waals surface area contributed by atoms with Crippen molar-refractivity contribution in [3.8, 4) is 5.88 Å². The van der Waals surface area contributed by atoms with E-state index in [4.69, 9.17) is 4.74 Å². The van der Waals surface area contributed by atoms with Crippen molar-refractivity contribution in [1.82, 2.24) is 19.9 Å². The number of hydrogen-bond donors (Lipinski definition) is 0. The van der Waals surface area contributed by atoms with Crippen molar-refractivity contribution in [3.63, 3.8) is 0 Å². The molecule has 3 heterocycles. The molecule has 1 aliphatic heterocycles. The van der Waals surface area contributed by atoms with Gasteiger partial charge in [0.1, 0.15) is 5.82 Å². The van der Waals surface area contributed by atoms with Gasteiger partial charge in [-0.05, 0) is 18.9 Å². The van der Waals surface area contributed by atoms with Gasteiger partial charge in [0, 0.05) is 44.6 Å². The van der Waals surface area contributed by atoms with E-state index < -0.39 is 5.82 Å². The van der Waals surface area contributed by atoms with Crippen LogP contribution in [0.15, 0.2) is 30.7 Å². The Morgan fingerprint density at radius 3 is 3.04 bits per heavy atom. The second-order valence-corrected chi connectivity index (χ2v) is 5.95. The van der Waals surface area contributed by atoms with Gasteiger partial charge in [0.15, 0.2) is 0 Å². The lowest BCUT2D eigenvalue weighted by Crippen LogP contribution is -2.49. The summed E-state index contributed by atoms with van der Waals surface area (Å²) in [5.74, 6) is 0.319. The standard InChI is InChI=1S/C17H20FN5O2/c1-22(16(24)12-8-13(18)10-19-9-12)14-4-3-7-23(11-14)17-20-6-5-15(21-17)25-2/h5-6,8-10,14H,3-4,7,11H2,1-2H3. The zero-order valence-electron chi connectivity index (χ0n) is 14.2. The molecule has 0 aromatic carbocycles. The Labute approximate surface area is 145 Å². The van der Waals surface area contributed by atoms with Gasteiger partial charge >= 0.3 is 0 Å². The van der Waals surface area contributed by atoms with Crippen LogP contribution in [0.2, 0.25) is 0 Å². The summed E-state index contributed by atoms with van der Waals surface area (Å²) >= 11 is 0. The normalized spacial score (nSPS) is 17.2. The van der Waals surface area contributed by atoms with E-state index in [0.29, 0.717) is 18.4 Å². The van der Waals surface area contributed by atoms with Gasteiger partial charge in [-0.2, -0.15) is 4.98 Å². The third-order valence-electron chi connectivity index (χ3n) is 4.33. The van der Waals surface area contributed by atoms with E-state index >= 15 is 0 Å². The molecule has 0 spiro atoms. The molecule has 0 aliphatic carbocycles. The van der Waals surface area contributed by atoms with E-state index in [-0.39, 0.29) is 17.5 Å². The van der Waals surface area contributed by atoms with Crippen molar-refractivity contribution in [3.05, 3.63) is 42.1 Å². The van der Waals surface area contributed by atoms with Crippen LogP contribution in [0.4, 0.5) is 10.3 Å². The summed E-state index contributed by atoms with van der Waals surface area (Å²) in [4.78, 5) is 28.7. The molecule has 7 nitrogen and oxygen atoms in total. The van der Waals surface area contributed by atoms with Crippen LogP contribution < -0.4 is 9.64 Å². The number of aromatic nitrogens is 3. The van der Waals surface area contributed by atoms with Crippen molar-refractivity contribution in [2.24, 2.45) is 0 Å². The maximum Gasteiger partial charge on any atom is 0.255 e. The van der Waals surface area contributed by atoms with Gasteiger partial charge in [-0.15, -0.1) is 0 Å². The molecule has 2 aromatic heterocycles. The first-order valence-corrected chi connectivity index (χ1v) is 8.08. The van der Waals surface area contributed by atoms with Crippen LogP contribution in [-0.4, -0.2) is 59.0 Å². The third-order valence-corrected chi connectivity index (χ3v) is 4.33. The van der Waals surface area contributed by atoms with Crippen molar-refractivity contribution < 1.29 is 13.9 Å². The molecule has 132 valence electrons. The number of piperidine rings is 1. The number of hydrogen-bond acceptors (Lipinski definition) is 6. The van der Waals surface area contributed by atoms with Gasteiger partial charge in [0.2, 0.25) is 11.8 Å². The van der Waals surface area contributed by atoms with Gasteiger partial charge < -0.3 is 14.5 Å². The summed E-state index contributed by atoms with van der Waals surface area (Å²) in [6, 6.07) is 2.88. The van der Waals surface area contributed by atoms with E-state index in [0.717, 1.165) is 25.6 Å². The van der Waals surface area contributed by atoms with Gasteiger partial charge in [-0.1, -0.05) is 0 Å². The summed E-state index contributed by atoms with van der Waals surface area (Å²) in [6.07, 6.45) is 5.89. The molecule has 1 unspecified atom stereocenters. The third kappa shape index (κ3) is 3.84. The number of carbonyl (C=O) groups is 1. The zero-order valence-corrected chi connectivity index (χ0v) is 14.2. The summed E-state index contributed by atoms with van der Waals surface area (Å²) in [5.41, 5.74) is 0.247. The van der Waals surface area contributed by atoms with Crippen molar-refractivity contribution in [1.29, 1.82) is 0 Å². The first-order valence-electron chi connectivity index (χ1n) is 8.08. The second-order valence-electron chi connectivity index (χ2n) is 5.95. The van der Waals surface area contributed by atoms with E-state index in [1.54, 1.807) is 31.3 Å². The summed E-state index contributed by atoms with van der Waals surface area (Å²) in [6.45, 7) is 1.42. The largest absolute Gasteiger partial charge is 0.481 e. The number of carbonyl (C=O) groups excluding carboxylic acids is 1. The molecule has 0 saturated carbocycles. The number of methoxy groups -OCH3 is 1. The molecule has 0 bridgehead atoms. The molecule has 1 atom stereocenters. The van der Waals surface area contributed by atoms with Gasteiger partial charge in [0.05, 0.1) is 18.9 Å². The quantitative estimate of drug-likeness (QED) is 0.841. The van der Waals surface area contributed by atoms with E-state index in [1.807, 2.05) is 4.90 Å². The van der Waals surface area contributed by atoms with Crippen LogP contribution in [0.25, 0.3) is 0 Å². The summed E-state index contributed by atoms with van der Waals surface area (Å²) in [7, 11) is 3.29. The topological polar surface area (TPSA) is 71.5 Å². The monoisotopic (exact) mass is 345 g/mol. The minimum absolute atomic E-state index is 0.0145. The number of halogens is 1. The Balaban J connectivity index is 1.73. The maximum atomic E-state index is 13.3.